The van der Waals surface area contributed by atoms with Crippen molar-refractivity contribution < 1.29 is 10.0 Å². The minimum Gasteiger partial charge on any atom is -0.507 e. The number of nitrogens with zero attached hydrogens (tertiary/aromatic N) is 3. The fourth-order valence-corrected chi connectivity index (χ4v) is 1.85. The Bertz CT molecular complexity index is 629. The molecule has 0 radical (unpaired) electrons. The zero-order chi connectivity index (χ0) is 14.5. The van der Waals surface area contributed by atoms with Gasteiger partial charge in [-0.2, -0.15) is 0 Å². The van der Waals surface area contributed by atoms with Crippen molar-refractivity contribution in [2.24, 2.45) is 0 Å². The molecule has 1 aromatic carbocycles. The highest BCUT2D eigenvalue weighted by Gasteiger charge is 2.07. The molecule has 2 aromatic rings. The summed E-state index contributed by atoms with van der Waals surface area (Å²) in [4.78, 5) is 14.3. The molecule has 0 aliphatic rings. The van der Waals surface area contributed by atoms with Crippen LogP contribution >= 0.6 is 0 Å². The molecule has 1 N–H and O–H groups in total. The summed E-state index contributed by atoms with van der Waals surface area (Å²) < 4.78 is 1.93. The number of aliphatic hydroxyl groups excluding tert-OH is 1. The SMILES string of the molecule is CCCn1ccnc1/C=C(\O)c1ccc([N+](=O)[O-])cc1. The van der Waals surface area contributed by atoms with Gasteiger partial charge < -0.3 is 9.67 Å². The molecule has 1 heterocycles. The number of benzene rings is 1. The summed E-state index contributed by atoms with van der Waals surface area (Å²) in [5.41, 5.74) is 0.510. The van der Waals surface area contributed by atoms with Crippen LogP contribution in [0.5, 0.6) is 0 Å². The second-order valence-corrected chi connectivity index (χ2v) is 4.31. The van der Waals surface area contributed by atoms with Gasteiger partial charge in [-0.15, -0.1) is 0 Å². The van der Waals surface area contributed by atoms with Gasteiger partial charge in [0.2, 0.25) is 0 Å². The van der Waals surface area contributed by atoms with E-state index in [9.17, 15) is 15.2 Å². The molecule has 0 saturated heterocycles. The smallest absolute Gasteiger partial charge is 0.269 e. The van der Waals surface area contributed by atoms with Gasteiger partial charge in [0.1, 0.15) is 11.6 Å². The van der Waals surface area contributed by atoms with Gasteiger partial charge in [-0.3, -0.25) is 10.1 Å². The number of aryl methyl sites for hydroxylation is 1. The Morgan fingerprint density at radius 1 is 1.45 bits per heavy atom. The van der Waals surface area contributed by atoms with E-state index in [4.69, 9.17) is 0 Å². The number of aromatic nitrogens is 2. The second kappa shape index (κ2) is 6.01. The quantitative estimate of drug-likeness (QED) is 0.515. The van der Waals surface area contributed by atoms with Crippen molar-refractivity contribution >= 4 is 17.5 Å². The van der Waals surface area contributed by atoms with Gasteiger partial charge in [-0.1, -0.05) is 6.92 Å². The van der Waals surface area contributed by atoms with Gasteiger partial charge in [0.05, 0.1) is 4.92 Å². The third-order valence-corrected chi connectivity index (χ3v) is 2.85. The van der Waals surface area contributed by atoms with Crippen LogP contribution in [0.25, 0.3) is 11.8 Å². The molecular weight excluding hydrogens is 258 g/mol. The van der Waals surface area contributed by atoms with E-state index in [2.05, 4.69) is 11.9 Å². The zero-order valence-electron chi connectivity index (χ0n) is 11.1. The number of nitro groups is 1. The first kappa shape index (κ1) is 13.8. The highest BCUT2D eigenvalue weighted by Crippen LogP contribution is 2.18. The molecule has 0 bridgehead atoms. The maximum absolute atomic E-state index is 10.6. The molecule has 0 saturated carbocycles. The average molecular weight is 273 g/mol. The van der Waals surface area contributed by atoms with Crippen molar-refractivity contribution in [2.45, 2.75) is 19.9 Å². The molecule has 20 heavy (non-hydrogen) atoms. The van der Waals surface area contributed by atoms with Crippen molar-refractivity contribution in [3.05, 3.63) is 58.2 Å². The fraction of sp³-hybridized carbons (Fsp3) is 0.214. The molecule has 6 heteroatoms. The van der Waals surface area contributed by atoms with E-state index in [1.165, 1.54) is 24.3 Å². The zero-order valence-corrected chi connectivity index (χ0v) is 11.1. The van der Waals surface area contributed by atoms with Crippen LogP contribution in [0.15, 0.2) is 36.7 Å². The molecule has 1 aromatic heterocycles. The first-order valence-corrected chi connectivity index (χ1v) is 6.28. The lowest BCUT2D eigenvalue weighted by molar-refractivity contribution is -0.384. The van der Waals surface area contributed by atoms with Gasteiger partial charge >= 0.3 is 0 Å². The number of nitro benzene ring substituents is 1. The van der Waals surface area contributed by atoms with E-state index in [0.717, 1.165) is 13.0 Å². The van der Waals surface area contributed by atoms with E-state index >= 15 is 0 Å². The highest BCUT2D eigenvalue weighted by molar-refractivity contribution is 5.74. The second-order valence-electron chi connectivity index (χ2n) is 4.31. The predicted octanol–water partition coefficient (Wildman–Crippen LogP) is 3.26. The lowest BCUT2D eigenvalue weighted by Gasteiger charge is -2.04. The topological polar surface area (TPSA) is 81.2 Å². The summed E-state index contributed by atoms with van der Waals surface area (Å²) >= 11 is 0. The molecule has 0 amide bonds. The Kier molecular flexibility index (Phi) is 4.14. The Hall–Kier alpha value is -2.63. The lowest BCUT2D eigenvalue weighted by Crippen LogP contribution is -1.98. The Morgan fingerprint density at radius 3 is 2.75 bits per heavy atom. The molecule has 0 unspecified atom stereocenters. The maximum Gasteiger partial charge on any atom is 0.269 e. The van der Waals surface area contributed by atoms with Crippen LogP contribution in [-0.2, 0) is 6.54 Å². The van der Waals surface area contributed by atoms with Gasteiger partial charge in [0.15, 0.2) is 0 Å². The fourth-order valence-electron chi connectivity index (χ4n) is 1.85. The molecule has 0 fully saturated rings. The van der Waals surface area contributed by atoms with E-state index in [-0.39, 0.29) is 11.4 Å². The average Bonchev–Trinajstić information content (AvgIpc) is 2.86. The molecule has 0 spiro atoms. The van der Waals surface area contributed by atoms with Crippen LogP contribution in [-0.4, -0.2) is 19.6 Å². The van der Waals surface area contributed by atoms with Crippen molar-refractivity contribution in [2.75, 3.05) is 0 Å². The van der Waals surface area contributed by atoms with Crippen LogP contribution in [0.1, 0.15) is 24.7 Å². The summed E-state index contributed by atoms with van der Waals surface area (Å²) in [6.45, 7) is 2.88. The van der Waals surface area contributed by atoms with E-state index < -0.39 is 4.92 Å². The Balaban J connectivity index is 2.25. The number of aliphatic hydroxyl groups is 1. The van der Waals surface area contributed by atoms with E-state index in [1.54, 1.807) is 12.3 Å². The summed E-state index contributed by atoms with van der Waals surface area (Å²) in [5, 5.41) is 20.6. The standard InChI is InChI=1S/C14H15N3O3/c1-2-8-16-9-7-15-14(16)10-13(18)11-3-5-12(6-4-11)17(19)20/h3-7,9-10,18H,2,8H2,1H3/b13-10-. The van der Waals surface area contributed by atoms with Crippen molar-refractivity contribution in [3.63, 3.8) is 0 Å². The summed E-state index contributed by atoms with van der Waals surface area (Å²) in [5.74, 6) is 0.686. The third-order valence-electron chi connectivity index (χ3n) is 2.85. The lowest BCUT2D eigenvalue weighted by atomic mass is 10.1. The van der Waals surface area contributed by atoms with E-state index in [0.29, 0.717) is 11.4 Å². The minimum atomic E-state index is -0.474. The number of rotatable bonds is 5. The van der Waals surface area contributed by atoms with Crippen LogP contribution in [0, 0.1) is 10.1 Å². The summed E-state index contributed by atoms with van der Waals surface area (Å²) in [6.07, 6.45) is 6.04. The van der Waals surface area contributed by atoms with Crippen LogP contribution < -0.4 is 0 Å². The number of hydrogen-bond donors (Lipinski definition) is 1. The third kappa shape index (κ3) is 3.03. The number of hydrogen-bond acceptors (Lipinski definition) is 4. The largest absolute Gasteiger partial charge is 0.507 e. The Labute approximate surface area is 116 Å². The number of imidazole rings is 1. The molecule has 0 aliphatic heterocycles. The molecule has 0 atom stereocenters. The normalized spacial score (nSPS) is 11.6. The first-order chi connectivity index (χ1) is 9.61. The molecule has 0 aliphatic carbocycles. The van der Waals surface area contributed by atoms with E-state index in [1.807, 2.05) is 10.8 Å². The van der Waals surface area contributed by atoms with Crippen LogP contribution in [0.3, 0.4) is 0 Å². The van der Waals surface area contributed by atoms with Crippen molar-refractivity contribution in [1.82, 2.24) is 9.55 Å². The summed E-state index contributed by atoms with van der Waals surface area (Å²) in [6, 6.07) is 5.74. The Morgan fingerprint density at radius 2 is 2.15 bits per heavy atom. The molecule has 2 rings (SSSR count). The van der Waals surface area contributed by atoms with Crippen LogP contribution in [0.4, 0.5) is 5.69 Å². The molecule has 104 valence electrons. The highest BCUT2D eigenvalue weighted by atomic mass is 16.6. The summed E-state index contributed by atoms with van der Waals surface area (Å²) in [7, 11) is 0. The molecule has 6 nitrogen and oxygen atoms in total. The van der Waals surface area contributed by atoms with Gasteiger partial charge in [-0.25, -0.2) is 4.98 Å². The van der Waals surface area contributed by atoms with Gasteiger partial charge in [-0.05, 0) is 18.6 Å². The van der Waals surface area contributed by atoms with Gasteiger partial charge in [0.25, 0.3) is 5.69 Å². The van der Waals surface area contributed by atoms with Crippen molar-refractivity contribution in [1.29, 1.82) is 0 Å². The van der Waals surface area contributed by atoms with Crippen molar-refractivity contribution in [3.8, 4) is 0 Å². The first-order valence-electron chi connectivity index (χ1n) is 6.28. The monoisotopic (exact) mass is 273 g/mol. The maximum atomic E-state index is 10.6. The minimum absolute atomic E-state index is 0.00552. The number of non-ortho nitro benzene ring substituents is 1. The predicted molar refractivity (Wildman–Crippen MR) is 76.1 cm³/mol. The molecular formula is C14H15N3O3. The van der Waals surface area contributed by atoms with Crippen LogP contribution in [0.2, 0.25) is 0 Å². The van der Waals surface area contributed by atoms with Gasteiger partial charge in [0, 0.05) is 42.7 Å².